The number of hydrogen-bond donors (Lipinski definition) is 2. The van der Waals surface area contributed by atoms with E-state index in [0.717, 1.165) is 26.9 Å². The Kier molecular flexibility index (Phi) is 5.75. The van der Waals surface area contributed by atoms with E-state index in [1.54, 1.807) is 6.20 Å². The van der Waals surface area contributed by atoms with Gasteiger partial charge in [-0.25, -0.2) is 9.97 Å². The van der Waals surface area contributed by atoms with Gasteiger partial charge < -0.3 is 10.4 Å². The first kappa shape index (κ1) is 18.2. The fraction of sp³-hybridized carbons (Fsp3) is 0.150. The standard InChI is InChI=1S/C20H18BrN3O2/c1-13-20(24-19(26)10-14-4-8-17(21)9-5-14)22-11-18(23-13)16-6-2-15(12-25)3-7-16/h2-9,11,25H,10,12H2,1H3,(H,22,24,26). The molecule has 3 aromatic rings. The average molecular weight is 412 g/mol. The first-order chi connectivity index (χ1) is 12.5. The van der Waals surface area contributed by atoms with Crippen LogP contribution in [-0.4, -0.2) is 21.0 Å². The third kappa shape index (κ3) is 4.53. The van der Waals surface area contributed by atoms with E-state index in [0.29, 0.717) is 11.5 Å². The highest BCUT2D eigenvalue weighted by Gasteiger charge is 2.10. The Balaban J connectivity index is 1.70. The Morgan fingerprint density at radius 2 is 1.73 bits per heavy atom. The highest BCUT2D eigenvalue weighted by atomic mass is 79.9. The molecule has 1 aromatic heterocycles. The van der Waals surface area contributed by atoms with Crippen LogP contribution in [0.15, 0.2) is 59.2 Å². The van der Waals surface area contributed by atoms with Crippen molar-refractivity contribution in [2.75, 3.05) is 5.32 Å². The third-order valence-corrected chi connectivity index (χ3v) is 4.44. The van der Waals surface area contributed by atoms with Crippen LogP contribution >= 0.6 is 15.9 Å². The van der Waals surface area contributed by atoms with Crippen molar-refractivity contribution < 1.29 is 9.90 Å². The number of aromatic nitrogens is 2. The van der Waals surface area contributed by atoms with Gasteiger partial charge in [0.15, 0.2) is 5.82 Å². The normalized spacial score (nSPS) is 10.6. The van der Waals surface area contributed by atoms with Gasteiger partial charge in [-0.05, 0) is 30.2 Å². The minimum absolute atomic E-state index is 0.00826. The molecule has 0 aliphatic carbocycles. The van der Waals surface area contributed by atoms with Crippen molar-refractivity contribution in [1.82, 2.24) is 9.97 Å². The fourth-order valence-corrected chi connectivity index (χ4v) is 2.75. The molecule has 1 heterocycles. The molecule has 0 radical (unpaired) electrons. The van der Waals surface area contributed by atoms with Crippen molar-refractivity contribution in [2.45, 2.75) is 20.0 Å². The summed E-state index contributed by atoms with van der Waals surface area (Å²) >= 11 is 3.38. The van der Waals surface area contributed by atoms with E-state index >= 15 is 0 Å². The van der Waals surface area contributed by atoms with Crippen LogP contribution in [0, 0.1) is 6.92 Å². The van der Waals surface area contributed by atoms with Crippen molar-refractivity contribution >= 4 is 27.7 Å². The predicted octanol–water partition coefficient (Wildman–Crippen LogP) is 3.89. The highest BCUT2D eigenvalue weighted by Crippen LogP contribution is 2.20. The third-order valence-electron chi connectivity index (χ3n) is 3.91. The predicted molar refractivity (Wildman–Crippen MR) is 105 cm³/mol. The van der Waals surface area contributed by atoms with E-state index in [4.69, 9.17) is 5.11 Å². The zero-order valence-corrected chi connectivity index (χ0v) is 15.8. The molecule has 0 aliphatic rings. The second-order valence-corrected chi connectivity index (χ2v) is 6.81. The smallest absolute Gasteiger partial charge is 0.229 e. The summed E-state index contributed by atoms with van der Waals surface area (Å²) in [6.45, 7) is 1.82. The molecule has 3 rings (SSSR count). The minimum Gasteiger partial charge on any atom is -0.392 e. The molecule has 2 aromatic carbocycles. The van der Waals surface area contributed by atoms with E-state index < -0.39 is 0 Å². The molecule has 0 atom stereocenters. The van der Waals surface area contributed by atoms with E-state index in [1.165, 1.54) is 0 Å². The molecule has 0 saturated carbocycles. The molecular formula is C20H18BrN3O2. The molecule has 6 heteroatoms. The maximum absolute atomic E-state index is 12.2. The van der Waals surface area contributed by atoms with Gasteiger partial charge in [-0.3, -0.25) is 4.79 Å². The topological polar surface area (TPSA) is 75.1 Å². The van der Waals surface area contributed by atoms with Gasteiger partial charge in [0.2, 0.25) is 5.91 Å². The summed E-state index contributed by atoms with van der Waals surface area (Å²) in [7, 11) is 0. The van der Waals surface area contributed by atoms with Crippen molar-refractivity contribution in [2.24, 2.45) is 0 Å². The molecule has 132 valence electrons. The number of carbonyl (C=O) groups is 1. The van der Waals surface area contributed by atoms with Crippen LogP contribution in [0.2, 0.25) is 0 Å². The number of aliphatic hydroxyl groups is 1. The quantitative estimate of drug-likeness (QED) is 0.667. The summed E-state index contributed by atoms with van der Waals surface area (Å²) in [5.41, 5.74) is 4.05. The molecule has 26 heavy (non-hydrogen) atoms. The number of carbonyl (C=O) groups excluding carboxylic acids is 1. The zero-order valence-electron chi connectivity index (χ0n) is 14.2. The summed E-state index contributed by atoms with van der Waals surface area (Å²) < 4.78 is 0.978. The Labute approximate surface area is 160 Å². The number of aryl methyl sites for hydroxylation is 1. The van der Waals surface area contributed by atoms with Crippen LogP contribution in [-0.2, 0) is 17.8 Å². The van der Waals surface area contributed by atoms with Gasteiger partial charge in [-0.15, -0.1) is 0 Å². The molecule has 0 spiro atoms. The Bertz CT molecular complexity index is 909. The van der Waals surface area contributed by atoms with Gasteiger partial charge in [-0.1, -0.05) is 52.3 Å². The molecule has 0 fully saturated rings. The molecule has 0 aliphatic heterocycles. The number of rotatable bonds is 5. The van der Waals surface area contributed by atoms with Crippen molar-refractivity contribution in [3.8, 4) is 11.3 Å². The fourth-order valence-electron chi connectivity index (χ4n) is 2.49. The second kappa shape index (κ2) is 8.21. The van der Waals surface area contributed by atoms with Gasteiger partial charge in [-0.2, -0.15) is 0 Å². The summed E-state index contributed by atoms with van der Waals surface area (Å²) in [6, 6.07) is 15.1. The molecule has 0 unspecified atom stereocenters. The first-order valence-corrected chi connectivity index (χ1v) is 8.92. The van der Waals surface area contributed by atoms with E-state index in [1.807, 2.05) is 55.5 Å². The van der Waals surface area contributed by atoms with E-state index in [9.17, 15) is 4.79 Å². The largest absolute Gasteiger partial charge is 0.392 e. The molecule has 0 saturated heterocycles. The lowest BCUT2D eigenvalue weighted by Crippen LogP contribution is -2.16. The lowest BCUT2D eigenvalue weighted by atomic mass is 10.1. The zero-order chi connectivity index (χ0) is 18.5. The van der Waals surface area contributed by atoms with Gasteiger partial charge in [0.05, 0.1) is 30.6 Å². The summed E-state index contributed by atoms with van der Waals surface area (Å²) in [4.78, 5) is 21.1. The van der Waals surface area contributed by atoms with Gasteiger partial charge in [0.25, 0.3) is 0 Å². The molecule has 0 bridgehead atoms. The number of anilines is 1. The van der Waals surface area contributed by atoms with E-state index in [2.05, 4.69) is 31.2 Å². The molecule has 2 N–H and O–H groups in total. The number of nitrogens with one attached hydrogen (secondary N) is 1. The first-order valence-electron chi connectivity index (χ1n) is 8.13. The number of benzene rings is 2. The lowest BCUT2D eigenvalue weighted by Gasteiger charge is -2.09. The van der Waals surface area contributed by atoms with Crippen LogP contribution in [0.1, 0.15) is 16.8 Å². The molecule has 5 nitrogen and oxygen atoms in total. The summed E-state index contributed by atoms with van der Waals surface area (Å²) in [5, 5.41) is 11.9. The van der Waals surface area contributed by atoms with Gasteiger partial charge >= 0.3 is 0 Å². The number of halogens is 1. The van der Waals surface area contributed by atoms with Gasteiger partial charge in [0.1, 0.15) is 0 Å². The number of aliphatic hydroxyl groups excluding tert-OH is 1. The highest BCUT2D eigenvalue weighted by molar-refractivity contribution is 9.10. The Morgan fingerprint density at radius 3 is 2.35 bits per heavy atom. The monoisotopic (exact) mass is 411 g/mol. The summed E-state index contributed by atoms with van der Waals surface area (Å²) in [6.07, 6.45) is 1.91. The Hall–Kier alpha value is -2.57. The molecule has 1 amide bonds. The minimum atomic E-state index is -0.134. The van der Waals surface area contributed by atoms with Gasteiger partial charge in [0, 0.05) is 10.0 Å². The average Bonchev–Trinajstić information content (AvgIpc) is 2.65. The van der Waals surface area contributed by atoms with Crippen molar-refractivity contribution in [3.05, 3.63) is 76.0 Å². The maximum atomic E-state index is 12.2. The number of amides is 1. The van der Waals surface area contributed by atoms with Crippen molar-refractivity contribution in [1.29, 1.82) is 0 Å². The molecular weight excluding hydrogens is 394 g/mol. The second-order valence-electron chi connectivity index (χ2n) is 5.90. The Morgan fingerprint density at radius 1 is 1.08 bits per heavy atom. The van der Waals surface area contributed by atoms with Crippen LogP contribution in [0.25, 0.3) is 11.3 Å². The van der Waals surface area contributed by atoms with Crippen LogP contribution < -0.4 is 5.32 Å². The number of nitrogens with zero attached hydrogens (tertiary/aromatic N) is 2. The SMILES string of the molecule is Cc1nc(-c2ccc(CO)cc2)cnc1NC(=O)Cc1ccc(Br)cc1. The van der Waals surface area contributed by atoms with E-state index in [-0.39, 0.29) is 18.9 Å². The van der Waals surface area contributed by atoms with Crippen LogP contribution in [0.4, 0.5) is 5.82 Å². The maximum Gasteiger partial charge on any atom is 0.229 e. The lowest BCUT2D eigenvalue weighted by molar-refractivity contribution is -0.115. The van der Waals surface area contributed by atoms with Crippen LogP contribution in [0.3, 0.4) is 0 Å². The van der Waals surface area contributed by atoms with Crippen LogP contribution in [0.5, 0.6) is 0 Å². The summed E-state index contributed by atoms with van der Waals surface area (Å²) in [5.74, 6) is 0.326. The van der Waals surface area contributed by atoms with Crippen molar-refractivity contribution in [3.63, 3.8) is 0 Å². The number of hydrogen-bond acceptors (Lipinski definition) is 4.